The summed E-state index contributed by atoms with van der Waals surface area (Å²) < 4.78 is 10.3. The smallest absolute Gasteiger partial charge is 0.161 e. The molecule has 0 saturated heterocycles. The number of hydrogen-bond acceptors (Lipinski definition) is 3. The number of methoxy groups -OCH3 is 2. The SMILES string of the molecule is C#CC(NC)c1ccc(OC)c(OC)c1. The summed E-state index contributed by atoms with van der Waals surface area (Å²) in [4.78, 5) is 0. The van der Waals surface area contributed by atoms with Crippen molar-refractivity contribution in [1.29, 1.82) is 0 Å². The third-order valence-electron chi connectivity index (χ3n) is 2.20. The molecule has 1 atom stereocenters. The molecule has 0 aliphatic rings. The van der Waals surface area contributed by atoms with E-state index in [0.717, 1.165) is 5.56 Å². The summed E-state index contributed by atoms with van der Waals surface area (Å²) in [5.74, 6) is 4.04. The van der Waals surface area contributed by atoms with Crippen LogP contribution in [-0.2, 0) is 0 Å². The van der Waals surface area contributed by atoms with Crippen molar-refractivity contribution in [2.24, 2.45) is 0 Å². The van der Waals surface area contributed by atoms with E-state index in [1.165, 1.54) is 0 Å². The number of hydrogen-bond donors (Lipinski definition) is 1. The maximum absolute atomic E-state index is 5.39. The first-order valence-corrected chi connectivity index (χ1v) is 4.62. The first kappa shape index (κ1) is 11.4. The molecule has 15 heavy (non-hydrogen) atoms. The van der Waals surface area contributed by atoms with Crippen LogP contribution in [-0.4, -0.2) is 21.3 Å². The highest BCUT2D eigenvalue weighted by atomic mass is 16.5. The summed E-state index contributed by atoms with van der Waals surface area (Å²) in [6.45, 7) is 0. The first-order chi connectivity index (χ1) is 7.26. The lowest BCUT2D eigenvalue weighted by molar-refractivity contribution is 0.354. The molecule has 3 heteroatoms. The molecular formula is C12H15NO2. The summed E-state index contributed by atoms with van der Waals surface area (Å²) >= 11 is 0. The highest BCUT2D eigenvalue weighted by molar-refractivity contribution is 5.45. The van der Waals surface area contributed by atoms with Crippen LogP contribution < -0.4 is 14.8 Å². The normalized spacial score (nSPS) is 11.6. The van der Waals surface area contributed by atoms with E-state index < -0.39 is 0 Å². The molecule has 0 heterocycles. The molecular weight excluding hydrogens is 190 g/mol. The fourth-order valence-electron chi connectivity index (χ4n) is 1.38. The van der Waals surface area contributed by atoms with Gasteiger partial charge in [0.15, 0.2) is 11.5 Å². The first-order valence-electron chi connectivity index (χ1n) is 4.62. The minimum Gasteiger partial charge on any atom is -0.493 e. The van der Waals surface area contributed by atoms with Gasteiger partial charge in [-0.2, -0.15) is 0 Å². The van der Waals surface area contributed by atoms with Crippen LogP contribution in [0, 0.1) is 12.3 Å². The average molecular weight is 205 g/mol. The quantitative estimate of drug-likeness (QED) is 0.757. The second-order valence-electron chi connectivity index (χ2n) is 3.00. The summed E-state index contributed by atoms with van der Waals surface area (Å²) in [5, 5.41) is 3.02. The third-order valence-corrected chi connectivity index (χ3v) is 2.20. The van der Waals surface area contributed by atoms with Gasteiger partial charge in [-0.05, 0) is 24.7 Å². The molecule has 0 radical (unpaired) electrons. The van der Waals surface area contributed by atoms with Gasteiger partial charge in [-0.3, -0.25) is 0 Å². The number of ether oxygens (including phenoxy) is 2. The Morgan fingerprint density at radius 3 is 2.40 bits per heavy atom. The van der Waals surface area contributed by atoms with Crippen LogP contribution in [0.3, 0.4) is 0 Å². The van der Waals surface area contributed by atoms with Crippen LogP contribution >= 0.6 is 0 Å². The van der Waals surface area contributed by atoms with Crippen LogP contribution in [0.1, 0.15) is 11.6 Å². The van der Waals surface area contributed by atoms with Gasteiger partial charge in [0.25, 0.3) is 0 Å². The number of rotatable bonds is 4. The Labute approximate surface area is 90.4 Å². The fourth-order valence-corrected chi connectivity index (χ4v) is 1.38. The van der Waals surface area contributed by atoms with Crippen molar-refractivity contribution in [3.8, 4) is 23.8 Å². The Balaban J connectivity index is 3.08. The van der Waals surface area contributed by atoms with E-state index >= 15 is 0 Å². The Bertz CT molecular complexity index is 368. The van der Waals surface area contributed by atoms with Gasteiger partial charge >= 0.3 is 0 Å². The summed E-state index contributed by atoms with van der Waals surface area (Å²) in [6, 6.07) is 5.53. The van der Waals surface area contributed by atoms with Crippen LogP contribution in [0.15, 0.2) is 18.2 Å². The third kappa shape index (κ3) is 2.42. The number of benzene rings is 1. The molecule has 0 aromatic heterocycles. The average Bonchev–Trinajstić information content (AvgIpc) is 2.30. The largest absolute Gasteiger partial charge is 0.493 e. The molecule has 1 aromatic rings. The highest BCUT2D eigenvalue weighted by Gasteiger charge is 2.09. The van der Waals surface area contributed by atoms with Crippen molar-refractivity contribution in [2.45, 2.75) is 6.04 Å². The van der Waals surface area contributed by atoms with Gasteiger partial charge in [0.1, 0.15) is 0 Å². The Morgan fingerprint density at radius 2 is 1.93 bits per heavy atom. The molecule has 0 aliphatic heterocycles. The van der Waals surface area contributed by atoms with Crippen LogP contribution in [0.2, 0.25) is 0 Å². The maximum Gasteiger partial charge on any atom is 0.161 e. The van der Waals surface area contributed by atoms with E-state index in [2.05, 4.69) is 11.2 Å². The molecule has 0 saturated carbocycles. The van der Waals surface area contributed by atoms with Gasteiger partial charge in [-0.1, -0.05) is 12.0 Å². The van der Waals surface area contributed by atoms with Gasteiger partial charge in [-0.15, -0.1) is 6.42 Å². The number of nitrogens with one attached hydrogen (secondary N) is 1. The van der Waals surface area contributed by atoms with Crippen molar-refractivity contribution in [2.75, 3.05) is 21.3 Å². The zero-order valence-corrected chi connectivity index (χ0v) is 9.20. The van der Waals surface area contributed by atoms with Crippen LogP contribution in [0.5, 0.6) is 11.5 Å². The second kappa shape index (κ2) is 5.28. The van der Waals surface area contributed by atoms with Crippen LogP contribution in [0.25, 0.3) is 0 Å². The Morgan fingerprint density at radius 1 is 1.27 bits per heavy atom. The van der Waals surface area contributed by atoms with E-state index in [9.17, 15) is 0 Å². The molecule has 3 nitrogen and oxygen atoms in total. The van der Waals surface area contributed by atoms with Crippen molar-refractivity contribution >= 4 is 0 Å². The summed E-state index contributed by atoms with van der Waals surface area (Å²) in [6.07, 6.45) is 5.39. The minimum absolute atomic E-state index is 0.107. The summed E-state index contributed by atoms with van der Waals surface area (Å²) in [5.41, 5.74) is 0.984. The van der Waals surface area contributed by atoms with Crippen molar-refractivity contribution in [3.05, 3.63) is 23.8 Å². The van der Waals surface area contributed by atoms with Gasteiger partial charge < -0.3 is 14.8 Å². The van der Waals surface area contributed by atoms with Gasteiger partial charge in [-0.25, -0.2) is 0 Å². The second-order valence-corrected chi connectivity index (χ2v) is 3.00. The molecule has 80 valence electrons. The topological polar surface area (TPSA) is 30.5 Å². The molecule has 0 amide bonds. The zero-order valence-electron chi connectivity index (χ0n) is 9.20. The predicted molar refractivity (Wildman–Crippen MR) is 60.2 cm³/mol. The lowest BCUT2D eigenvalue weighted by Crippen LogP contribution is -2.14. The monoisotopic (exact) mass is 205 g/mol. The van der Waals surface area contributed by atoms with Crippen LogP contribution in [0.4, 0.5) is 0 Å². The van der Waals surface area contributed by atoms with Gasteiger partial charge in [0.2, 0.25) is 0 Å². The maximum atomic E-state index is 5.39. The molecule has 1 unspecified atom stereocenters. The van der Waals surface area contributed by atoms with E-state index in [4.69, 9.17) is 15.9 Å². The lowest BCUT2D eigenvalue weighted by atomic mass is 10.1. The predicted octanol–water partition coefficient (Wildman–Crippen LogP) is 1.60. The van der Waals surface area contributed by atoms with Gasteiger partial charge in [0, 0.05) is 0 Å². The molecule has 0 aliphatic carbocycles. The molecule has 1 N–H and O–H groups in total. The Hall–Kier alpha value is -1.66. The van der Waals surface area contributed by atoms with Crippen molar-refractivity contribution in [1.82, 2.24) is 5.32 Å². The molecule has 1 rings (SSSR count). The van der Waals surface area contributed by atoms with Crippen molar-refractivity contribution < 1.29 is 9.47 Å². The lowest BCUT2D eigenvalue weighted by Gasteiger charge is -2.13. The van der Waals surface area contributed by atoms with Crippen molar-refractivity contribution in [3.63, 3.8) is 0 Å². The molecule has 0 spiro atoms. The number of terminal acetylenes is 1. The highest BCUT2D eigenvalue weighted by Crippen LogP contribution is 2.29. The standard InChI is InChI=1S/C12H15NO2/c1-5-10(13-2)9-6-7-11(14-3)12(8-9)15-4/h1,6-8,10,13H,2-4H3. The fraction of sp³-hybridized carbons (Fsp3) is 0.333. The molecule has 1 aromatic carbocycles. The minimum atomic E-state index is -0.107. The van der Waals surface area contributed by atoms with E-state index in [0.29, 0.717) is 11.5 Å². The summed E-state index contributed by atoms with van der Waals surface area (Å²) in [7, 11) is 5.03. The van der Waals surface area contributed by atoms with Gasteiger partial charge in [0.05, 0.1) is 20.3 Å². The van der Waals surface area contributed by atoms with E-state index in [1.54, 1.807) is 14.2 Å². The molecule has 0 bridgehead atoms. The van der Waals surface area contributed by atoms with E-state index in [-0.39, 0.29) is 6.04 Å². The molecule has 0 fully saturated rings. The Kier molecular flexibility index (Phi) is 4.02. The van der Waals surface area contributed by atoms with E-state index in [1.807, 2.05) is 25.2 Å². The zero-order chi connectivity index (χ0) is 11.3.